The molecule has 0 saturated carbocycles. The van der Waals surface area contributed by atoms with Crippen LogP contribution >= 0.6 is 11.8 Å². The minimum absolute atomic E-state index is 0.0541. The van der Waals surface area contributed by atoms with Crippen LogP contribution in [-0.4, -0.2) is 31.6 Å². The van der Waals surface area contributed by atoms with E-state index in [1.54, 1.807) is 0 Å². The van der Waals surface area contributed by atoms with Crippen molar-refractivity contribution in [3.05, 3.63) is 29.8 Å². The third-order valence-electron chi connectivity index (χ3n) is 3.82. The summed E-state index contributed by atoms with van der Waals surface area (Å²) >= 11 is 1.29. The van der Waals surface area contributed by atoms with E-state index in [1.165, 1.54) is 22.0 Å². The van der Waals surface area contributed by atoms with Crippen LogP contribution in [0.3, 0.4) is 0 Å². The number of nitrogen functional groups attached to an aromatic ring is 1. The molecule has 0 saturated heterocycles. The Labute approximate surface area is 159 Å². The first-order chi connectivity index (χ1) is 11.9. The van der Waals surface area contributed by atoms with Gasteiger partial charge in [0.25, 0.3) is 0 Å². The van der Waals surface area contributed by atoms with Gasteiger partial charge < -0.3 is 11.2 Å². The number of amides is 1. The van der Waals surface area contributed by atoms with Crippen LogP contribution in [0.5, 0.6) is 0 Å². The Morgan fingerprint density at radius 2 is 1.69 bits per heavy atom. The number of nitrogens with two attached hydrogens (primary N) is 1. The third-order valence-corrected chi connectivity index (χ3v) is 4.88. The lowest BCUT2D eigenvalue weighted by Gasteiger charge is -2.22. The number of thioether (sulfide) groups is 1. The zero-order chi connectivity index (χ0) is 19.7. The maximum atomic E-state index is 12.3. The summed E-state index contributed by atoms with van der Waals surface area (Å²) in [4.78, 5) is 12.3. The summed E-state index contributed by atoms with van der Waals surface area (Å²) in [7, 11) is 0. The molecule has 7 heteroatoms. The number of benzene rings is 1. The molecule has 142 valence electrons. The van der Waals surface area contributed by atoms with Gasteiger partial charge in [-0.3, -0.25) is 4.79 Å². The van der Waals surface area contributed by atoms with Crippen LogP contribution in [-0.2, 0) is 10.2 Å². The van der Waals surface area contributed by atoms with Crippen molar-refractivity contribution in [2.45, 2.75) is 69.8 Å². The van der Waals surface area contributed by atoms with Crippen molar-refractivity contribution in [1.29, 1.82) is 0 Å². The highest BCUT2D eigenvalue weighted by Gasteiger charge is 2.23. The Hall–Kier alpha value is -2.02. The van der Waals surface area contributed by atoms with Gasteiger partial charge in [-0.2, -0.15) is 0 Å². The lowest BCUT2D eigenvalue weighted by Crippen LogP contribution is -2.44. The van der Waals surface area contributed by atoms with Crippen molar-refractivity contribution in [3.8, 4) is 11.4 Å². The Morgan fingerprint density at radius 1 is 1.12 bits per heavy atom. The number of carbonyl (C=O) groups is 1. The molecule has 0 radical (unpaired) electrons. The number of nitrogens with one attached hydrogen (secondary N) is 1. The smallest absolute Gasteiger partial charge is 0.233 e. The highest BCUT2D eigenvalue weighted by molar-refractivity contribution is 8.00. The molecule has 0 bridgehead atoms. The molecule has 0 aliphatic carbocycles. The van der Waals surface area contributed by atoms with E-state index in [-0.39, 0.29) is 22.1 Å². The lowest BCUT2D eigenvalue weighted by molar-refractivity contribution is -0.121. The minimum Gasteiger partial charge on any atom is -0.351 e. The van der Waals surface area contributed by atoms with Gasteiger partial charge >= 0.3 is 0 Å². The van der Waals surface area contributed by atoms with Gasteiger partial charge in [0.2, 0.25) is 11.1 Å². The fourth-order valence-corrected chi connectivity index (χ4v) is 3.13. The first-order valence-corrected chi connectivity index (χ1v) is 9.56. The molecular formula is C19H29N5OS. The van der Waals surface area contributed by atoms with E-state index in [0.29, 0.717) is 11.0 Å². The fourth-order valence-electron chi connectivity index (χ4n) is 2.36. The quantitative estimate of drug-likeness (QED) is 0.632. The molecule has 0 aliphatic heterocycles. The lowest BCUT2D eigenvalue weighted by atomic mass is 9.87. The number of hydrogen-bond donors (Lipinski definition) is 2. The molecule has 26 heavy (non-hydrogen) atoms. The second kappa shape index (κ2) is 7.31. The van der Waals surface area contributed by atoms with Gasteiger partial charge in [0.15, 0.2) is 5.82 Å². The zero-order valence-corrected chi connectivity index (χ0v) is 17.4. The number of hydrogen-bond acceptors (Lipinski definition) is 5. The van der Waals surface area contributed by atoms with Crippen LogP contribution in [0.15, 0.2) is 29.4 Å². The van der Waals surface area contributed by atoms with Gasteiger partial charge in [0.05, 0.1) is 5.25 Å². The average Bonchev–Trinajstić information content (AvgIpc) is 2.86. The average molecular weight is 376 g/mol. The van der Waals surface area contributed by atoms with E-state index in [9.17, 15) is 4.79 Å². The Bertz CT molecular complexity index is 769. The van der Waals surface area contributed by atoms with Crippen LogP contribution in [0, 0.1) is 0 Å². The Morgan fingerprint density at radius 3 is 2.19 bits per heavy atom. The molecule has 1 aromatic heterocycles. The van der Waals surface area contributed by atoms with Crippen LogP contribution in [0.25, 0.3) is 11.4 Å². The molecule has 0 aliphatic rings. The van der Waals surface area contributed by atoms with Gasteiger partial charge in [-0.05, 0) is 38.7 Å². The highest BCUT2D eigenvalue weighted by Crippen LogP contribution is 2.27. The third kappa shape index (κ3) is 5.00. The maximum absolute atomic E-state index is 12.3. The predicted octanol–water partition coefficient (Wildman–Crippen LogP) is 3.35. The van der Waals surface area contributed by atoms with Crippen LogP contribution in [0.1, 0.15) is 54.0 Å². The van der Waals surface area contributed by atoms with Gasteiger partial charge in [0, 0.05) is 11.1 Å². The van der Waals surface area contributed by atoms with Gasteiger partial charge in [-0.15, -0.1) is 10.2 Å². The topological polar surface area (TPSA) is 85.8 Å². The first-order valence-electron chi connectivity index (χ1n) is 8.68. The van der Waals surface area contributed by atoms with Crippen LogP contribution in [0.4, 0.5) is 0 Å². The van der Waals surface area contributed by atoms with Gasteiger partial charge in [-0.1, -0.05) is 56.8 Å². The number of carbonyl (C=O) groups excluding carboxylic acids is 1. The van der Waals surface area contributed by atoms with Crippen LogP contribution in [0.2, 0.25) is 0 Å². The van der Waals surface area contributed by atoms with E-state index in [4.69, 9.17) is 5.84 Å². The minimum atomic E-state index is -0.322. The Kier molecular flexibility index (Phi) is 5.70. The Balaban J connectivity index is 2.16. The second-order valence-corrected chi connectivity index (χ2v) is 9.81. The molecule has 1 heterocycles. The van der Waals surface area contributed by atoms with E-state index < -0.39 is 0 Å². The summed E-state index contributed by atoms with van der Waals surface area (Å²) in [6.07, 6.45) is 0. The van der Waals surface area contributed by atoms with Crippen molar-refractivity contribution in [2.75, 3.05) is 5.84 Å². The van der Waals surface area contributed by atoms with Crippen LogP contribution < -0.4 is 11.2 Å². The first kappa shape index (κ1) is 20.3. The molecule has 6 nitrogen and oxygen atoms in total. The maximum Gasteiger partial charge on any atom is 0.233 e. The molecule has 2 rings (SSSR count). The van der Waals surface area contributed by atoms with E-state index in [1.807, 2.05) is 39.8 Å². The molecule has 2 aromatic rings. The number of nitrogens with zero attached hydrogens (tertiary/aromatic N) is 3. The van der Waals surface area contributed by atoms with E-state index in [2.05, 4.69) is 48.4 Å². The summed E-state index contributed by atoms with van der Waals surface area (Å²) in [5.74, 6) is 6.70. The van der Waals surface area contributed by atoms with Crippen molar-refractivity contribution < 1.29 is 4.79 Å². The van der Waals surface area contributed by atoms with Crippen molar-refractivity contribution >= 4 is 17.7 Å². The standard InChI is InChI=1S/C19H29N5OS/c1-12(16(25)21-19(5,6)7)26-17-23-22-15(24(17)20)13-8-10-14(11-9-13)18(2,3)4/h8-12H,20H2,1-7H3,(H,21,25)/t12-/m1/s1. The summed E-state index contributed by atoms with van der Waals surface area (Å²) in [5, 5.41) is 11.5. The molecule has 0 fully saturated rings. The van der Waals surface area contributed by atoms with Crippen molar-refractivity contribution in [2.24, 2.45) is 0 Å². The van der Waals surface area contributed by atoms with Crippen molar-refractivity contribution in [1.82, 2.24) is 20.2 Å². The number of aromatic nitrogens is 3. The molecular weight excluding hydrogens is 346 g/mol. The normalized spacial score (nSPS) is 13.5. The summed E-state index contributed by atoms with van der Waals surface area (Å²) in [5.41, 5.74) is 1.95. The van der Waals surface area contributed by atoms with E-state index >= 15 is 0 Å². The largest absolute Gasteiger partial charge is 0.351 e. The molecule has 0 spiro atoms. The predicted molar refractivity (Wildman–Crippen MR) is 108 cm³/mol. The highest BCUT2D eigenvalue weighted by atomic mass is 32.2. The molecule has 1 aromatic carbocycles. The molecule has 3 N–H and O–H groups in total. The van der Waals surface area contributed by atoms with E-state index in [0.717, 1.165) is 5.56 Å². The number of rotatable bonds is 4. The van der Waals surface area contributed by atoms with Gasteiger partial charge in [0.1, 0.15) is 0 Å². The SMILES string of the molecule is C[C@@H](Sc1nnc(-c2ccc(C(C)(C)C)cc2)n1N)C(=O)NC(C)(C)C. The van der Waals surface area contributed by atoms with Gasteiger partial charge in [-0.25, -0.2) is 4.68 Å². The molecule has 1 amide bonds. The fraction of sp³-hybridized carbons (Fsp3) is 0.526. The molecule has 1 atom stereocenters. The zero-order valence-electron chi connectivity index (χ0n) is 16.6. The second-order valence-electron chi connectivity index (χ2n) is 8.50. The summed E-state index contributed by atoms with van der Waals surface area (Å²) < 4.78 is 1.44. The summed E-state index contributed by atoms with van der Waals surface area (Å²) in [6, 6.07) is 8.16. The summed E-state index contributed by atoms with van der Waals surface area (Å²) in [6.45, 7) is 14.2. The monoisotopic (exact) mass is 375 g/mol. The molecule has 0 unspecified atom stereocenters. The van der Waals surface area contributed by atoms with Crippen molar-refractivity contribution in [3.63, 3.8) is 0 Å².